The predicted octanol–water partition coefficient (Wildman–Crippen LogP) is -1.48. The van der Waals surface area contributed by atoms with Crippen LogP contribution >= 0.6 is 12.6 Å². The van der Waals surface area contributed by atoms with Gasteiger partial charge in [-0.3, -0.25) is 19.2 Å². The Morgan fingerprint density at radius 2 is 1.69 bits per heavy atom. The van der Waals surface area contributed by atoms with Crippen LogP contribution in [-0.4, -0.2) is 75.4 Å². The highest BCUT2D eigenvalue weighted by Crippen LogP contribution is 2.19. The molecule has 0 saturated carbocycles. The van der Waals surface area contributed by atoms with Crippen molar-refractivity contribution in [3.05, 3.63) is 36.0 Å². The fourth-order valence-electron chi connectivity index (χ4n) is 2.93. The second-order valence-corrected chi connectivity index (χ2v) is 7.59. The van der Waals surface area contributed by atoms with Gasteiger partial charge in [0.15, 0.2) is 0 Å². The summed E-state index contributed by atoms with van der Waals surface area (Å²) >= 11 is 3.91. The number of hydrogen-bond acceptors (Lipinski definition) is 7. The third-order valence-corrected chi connectivity index (χ3v) is 5.20. The molecule has 11 nitrogen and oxygen atoms in total. The van der Waals surface area contributed by atoms with E-state index in [1.54, 1.807) is 6.20 Å². The van der Waals surface area contributed by atoms with Gasteiger partial charge in [0.05, 0.1) is 12.6 Å². The number of H-pyrrole nitrogens is 1. The highest BCUT2D eigenvalue weighted by Gasteiger charge is 2.29. The number of carboxylic acid groups (broad SMARTS) is 1. The topological polar surface area (TPSA) is 187 Å². The first kappa shape index (κ1) is 25.2. The molecular weight excluding hydrogens is 438 g/mol. The number of aromatic nitrogens is 1. The summed E-state index contributed by atoms with van der Waals surface area (Å²) in [7, 11) is 0. The Labute approximate surface area is 189 Å². The molecule has 0 aliphatic rings. The first-order valence-corrected chi connectivity index (χ1v) is 10.5. The monoisotopic (exact) mass is 465 g/mol. The number of nitrogens with two attached hydrogens (primary N) is 1. The summed E-state index contributed by atoms with van der Waals surface area (Å²) in [5.74, 6) is -3.45. The summed E-state index contributed by atoms with van der Waals surface area (Å²) in [6.07, 6.45) is 1.73. The lowest BCUT2D eigenvalue weighted by molar-refractivity contribution is -0.141. The zero-order valence-corrected chi connectivity index (χ0v) is 18.3. The normalized spacial score (nSPS) is 14.8. The number of hydrogen-bond donors (Lipinski definition) is 8. The van der Waals surface area contributed by atoms with Crippen molar-refractivity contribution in [1.82, 2.24) is 20.9 Å². The lowest BCUT2D eigenvalue weighted by Crippen LogP contribution is -2.58. The molecule has 8 N–H and O–H groups in total. The van der Waals surface area contributed by atoms with Gasteiger partial charge in [0.1, 0.15) is 18.1 Å². The molecular formula is C20H27N5O6S. The second-order valence-electron chi connectivity index (χ2n) is 7.23. The molecule has 0 aliphatic carbocycles. The minimum atomic E-state index is -1.36. The highest BCUT2D eigenvalue weighted by molar-refractivity contribution is 7.80. The van der Waals surface area contributed by atoms with Gasteiger partial charge in [-0.05, 0) is 18.6 Å². The zero-order chi connectivity index (χ0) is 23.8. The van der Waals surface area contributed by atoms with Crippen molar-refractivity contribution in [1.29, 1.82) is 0 Å². The molecule has 4 unspecified atom stereocenters. The number of benzene rings is 1. The van der Waals surface area contributed by atoms with Crippen molar-refractivity contribution in [2.75, 3.05) is 12.4 Å². The lowest BCUT2D eigenvalue weighted by Gasteiger charge is -2.23. The van der Waals surface area contributed by atoms with Crippen molar-refractivity contribution >= 4 is 47.2 Å². The second kappa shape index (κ2) is 11.5. The number of carbonyl (C=O) groups is 4. The van der Waals surface area contributed by atoms with Crippen molar-refractivity contribution in [3.63, 3.8) is 0 Å². The van der Waals surface area contributed by atoms with Gasteiger partial charge < -0.3 is 36.9 Å². The van der Waals surface area contributed by atoms with Gasteiger partial charge in [-0.1, -0.05) is 18.2 Å². The first-order valence-electron chi connectivity index (χ1n) is 9.84. The van der Waals surface area contributed by atoms with Crippen LogP contribution in [0, 0.1) is 0 Å². The Morgan fingerprint density at radius 3 is 2.31 bits per heavy atom. The van der Waals surface area contributed by atoms with E-state index in [0.29, 0.717) is 5.56 Å². The number of aliphatic carboxylic acids is 1. The van der Waals surface area contributed by atoms with Crippen LogP contribution in [0.3, 0.4) is 0 Å². The fraction of sp³-hybridized carbons (Fsp3) is 0.400. The van der Waals surface area contributed by atoms with E-state index in [0.717, 1.165) is 10.9 Å². The van der Waals surface area contributed by atoms with Gasteiger partial charge in [-0.15, -0.1) is 0 Å². The van der Waals surface area contributed by atoms with E-state index in [-0.39, 0.29) is 12.2 Å². The van der Waals surface area contributed by atoms with Crippen molar-refractivity contribution in [3.8, 4) is 0 Å². The molecule has 2 aromatic rings. The summed E-state index contributed by atoms with van der Waals surface area (Å²) in [6.45, 7) is 0.560. The summed E-state index contributed by atoms with van der Waals surface area (Å²) < 4.78 is 0. The molecule has 1 aromatic heterocycles. The SMILES string of the molecule is CC(NC(=O)C(Cc1c[nH]c2ccccc12)NC(=O)C(CO)NC(=O)C(N)CS)C(=O)O. The number of aliphatic hydroxyl groups excluding tert-OH is 1. The number of carboxylic acids is 1. The van der Waals surface area contributed by atoms with Crippen LogP contribution in [0.25, 0.3) is 10.9 Å². The largest absolute Gasteiger partial charge is 0.480 e. The van der Waals surface area contributed by atoms with E-state index in [4.69, 9.17) is 10.8 Å². The molecule has 0 spiro atoms. The van der Waals surface area contributed by atoms with Crippen molar-refractivity contribution in [2.45, 2.75) is 37.5 Å². The number of thiol groups is 1. The number of rotatable bonds is 11. The Balaban J connectivity index is 2.23. The maximum atomic E-state index is 12.8. The average Bonchev–Trinajstić information content (AvgIpc) is 3.18. The molecule has 12 heteroatoms. The molecule has 1 aromatic carbocycles. The van der Waals surface area contributed by atoms with Crippen LogP contribution in [-0.2, 0) is 25.6 Å². The van der Waals surface area contributed by atoms with Crippen molar-refractivity contribution < 1.29 is 29.4 Å². The van der Waals surface area contributed by atoms with Crippen LogP contribution in [0.4, 0.5) is 0 Å². The standard InChI is InChI=1S/C20H27N5O6S/c1-10(20(30)31)23-18(28)15(6-11-7-22-14-5-3-2-4-12(11)14)24-19(29)16(8-26)25-17(27)13(21)9-32/h2-5,7,10,13,15-16,22,26,32H,6,8-9,21H2,1H3,(H,23,28)(H,24,29)(H,25,27)(H,30,31). The van der Waals surface area contributed by atoms with E-state index >= 15 is 0 Å². The number of nitrogens with one attached hydrogen (secondary N) is 4. The van der Waals surface area contributed by atoms with Gasteiger partial charge in [-0.2, -0.15) is 12.6 Å². The van der Waals surface area contributed by atoms with Gasteiger partial charge >= 0.3 is 5.97 Å². The number of amides is 3. The van der Waals surface area contributed by atoms with E-state index < -0.39 is 54.5 Å². The Kier molecular flexibility index (Phi) is 9.05. The number of para-hydroxylation sites is 1. The number of fused-ring (bicyclic) bond motifs is 1. The third-order valence-electron chi connectivity index (χ3n) is 4.81. The molecule has 2 rings (SSSR count). The Morgan fingerprint density at radius 1 is 1.06 bits per heavy atom. The van der Waals surface area contributed by atoms with Crippen LogP contribution in [0.15, 0.2) is 30.5 Å². The van der Waals surface area contributed by atoms with Crippen LogP contribution in [0.1, 0.15) is 12.5 Å². The summed E-state index contributed by atoms with van der Waals surface area (Å²) in [4.78, 5) is 51.6. The molecule has 0 aliphatic heterocycles. The summed E-state index contributed by atoms with van der Waals surface area (Å²) in [6, 6.07) is 2.65. The maximum Gasteiger partial charge on any atom is 0.325 e. The van der Waals surface area contributed by atoms with Gasteiger partial charge in [0.25, 0.3) is 0 Å². The Hall–Kier alpha value is -3.09. The third kappa shape index (κ3) is 6.45. The van der Waals surface area contributed by atoms with E-state index in [1.807, 2.05) is 24.3 Å². The quantitative estimate of drug-likeness (QED) is 0.186. The van der Waals surface area contributed by atoms with Gasteiger partial charge in [-0.25, -0.2) is 0 Å². The molecule has 0 fully saturated rings. The fourth-order valence-corrected chi connectivity index (χ4v) is 3.10. The van der Waals surface area contributed by atoms with E-state index in [2.05, 4.69) is 33.6 Å². The first-order chi connectivity index (χ1) is 15.2. The molecule has 3 amide bonds. The van der Waals surface area contributed by atoms with E-state index in [1.165, 1.54) is 6.92 Å². The molecule has 32 heavy (non-hydrogen) atoms. The maximum absolute atomic E-state index is 12.8. The number of carbonyl (C=O) groups excluding carboxylic acids is 3. The van der Waals surface area contributed by atoms with Crippen LogP contribution in [0.2, 0.25) is 0 Å². The number of aromatic amines is 1. The smallest absolute Gasteiger partial charge is 0.325 e. The molecule has 174 valence electrons. The number of aliphatic hydroxyl groups is 1. The van der Waals surface area contributed by atoms with Gasteiger partial charge in [0, 0.05) is 29.3 Å². The molecule has 0 saturated heterocycles. The minimum absolute atomic E-state index is 0.0320. The molecule has 0 bridgehead atoms. The zero-order valence-electron chi connectivity index (χ0n) is 17.4. The summed E-state index contributed by atoms with van der Waals surface area (Å²) in [5, 5.41) is 26.6. The average molecular weight is 466 g/mol. The molecule has 0 radical (unpaired) electrons. The van der Waals surface area contributed by atoms with Crippen LogP contribution < -0.4 is 21.7 Å². The molecule has 1 heterocycles. The lowest BCUT2D eigenvalue weighted by atomic mass is 10.0. The molecule has 4 atom stereocenters. The van der Waals surface area contributed by atoms with Crippen LogP contribution in [0.5, 0.6) is 0 Å². The minimum Gasteiger partial charge on any atom is -0.480 e. The van der Waals surface area contributed by atoms with Gasteiger partial charge in [0.2, 0.25) is 17.7 Å². The highest BCUT2D eigenvalue weighted by atomic mass is 32.1. The van der Waals surface area contributed by atoms with Crippen molar-refractivity contribution in [2.24, 2.45) is 5.73 Å². The predicted molar refractivity (Wildman–Crippen MR) is 120 cm³/mol. The van der Waals surface area contributed by atoms with E-state index in [9.17, 15) is 24.3 Å². The Bertz CT molecular complexity index is 980. The summed E-state index contributed by atoms with van der Waals surface area (Å²) in [5.41, 5.74) is 7.11.